The zero-order valence-corrected chi connectivity index (χ0v) is 17.3. The molecule has 0 aliphatic carbocycles. The Bertz CT molecular complexity index is 1140. The highest BCUT2D eigenvalue weighted by atomic mass is 32.1. The fourth-order valence-electron chi connectivity index (χ4n) is 3.38. The van der Waals surface area contributed by atoms with Gasteiger partial charge in [0.2, 0.25) is 11.8 Å². The molecule has 1 atom stereocenters. The number of thiazole rings is 1. The fourth-order valence-corrected chi connectivity index (χ4v) is 4.33. The Labute approximate surface area is 176 Å². The second-order valence-electron chi connectivity index (χ2n) is 6.82. The van der Waals surface area contributed by atoms with E-state index in [4.69, 9.17) is 4.74 Å². The van der Waals surface area contributed by atoms with Gasteiger partial charge >= 0.3 is 0 Å². The Hall–Kier alpha value is -3.46. The zero-order valence-electron chi connectivity index (χ0n) is 16.5. The first-order valence-electron chi connectivity index (χ1n) is 9.49. The van der Waals surface area contributed by atoms with E-state index in [2.05, 4.69) is 15.6 Å². The molecule has 4 rings (SSSR count). The van der Waals surface area contributed by atoms with Crippen LogP contribution in [0.25, 0.3) is 10.2 Å². The SMILES string of the molecule is CCC(C(=O)Nc1ccc2nc(NC(C)=O)sc2c1)N1C(=O)COc2ccccc21. The minimum Gasteiger partial charge on any atom is -0.482 e. The highest BCUT2D eigenvalue weighted by Gasteiger charge is 2.34. The van der Waals surface area contributed by atoms with Gasteiger partial charge in [-0.2, -0.15) is 0 Å². The van der Waals surface area contributed by atoms with E-state index < -0.39 is 6.04 Å². The van der Waals surface area contributed by atoms with Gasteiger partial charge in [-0.3, -0.25) is 19.3 Å². The summed E-state index contributed by atoms with van der Waals surface area (Å²) in [5.74, 6) is -0.147. The number of para-hydroxylation sites is 2. The van der Waals surface area contributed by atoms with Crippen molar-refractivity contribution in [3.8, 4) is 5.75 Å². The summed E-state index contributed by atoms with van der Waals surface area (Å²) >= 11 is 1.32. The van der Waals surface area contributed by atoms with Crippen LogP contribution >= 0.6 is 11.3 Å². The summed E-state index contributed by atoms with van der Waals surface area (Å²) in [6.45, 7) is 3.19. The van der Waals surface area contributed by atoms with Crippen LogP contribution in [-0.2, 0) is 14.4 Å². The van der Waals surface area contributed by atoms with Crippen molar-refractivity contribution in [3.63, 3.8) is 0 Å². The number of rotatable bonds is 5. The molecule has 2 N–H and O–H groups in total. The van der Waals surface area contributed by atoms with Crippen LogP contribution in [0.5, 0.6) is 5.75 Å². The molecule has 2 aromatic carbocycles. The Kier molecular flexibility index (Phi) is 5.37. The number of carbonyl (C=O) groups excluding carboxylic acids is 3. The number of anilines is 3. The molecule has 3 aromatic rings. The molecule has 154 valence electrons. The Morgan fingerprint density at radius 1 is 1.23 bits per heavy atom. The van der Waals surface area contributed by atoms with Crippen LogP contribution in [-0.4, -0.2) is 35.4 Å². The van der Waals surface area contributed by atoms with E-state index in [0.29, 0.717) is 28.7 Å². The zero-order chi connectivity index (χ0) is 21.3. The summed E-state index contributed by atoms with van der Waals surface area (Å²) < 4.78 is 6.31. The van der Waals surface area contributed by atoms with Crippen LogP contribution in [0.15, 0.2) is 42.5 Å². The Morgan fingerprint density at radius 3 is 2.80 bits per heavy atom. The summed E-state index contributed by atoms with van der Waals surface area (Å²) in [4.78, 5) is 42.7. The van der Waals surface area contributed by atoms with Gasteiger partial charge in [0, 0.05) is 12.6 Å². The number of hydrogen-bond donors (Lipinski definition) is 2. The molecule has 0 saturated carbocycles. The molecular weight excluding hydrogens is 404 g/mol. The van der Waals surface area contributed by atoms with Gasteiger partial charge < -0.3 is 15.4 Å². The van der Waals surface area contributed by atoms with Crippen LogP contribution in [0.2, 0.25) is 0 Å². The smallest absolute Gasteiger partial charge is 0.265 e. The van der Waals surface area contributed by atoms with Gasteiger partial charge in [-0.05, 0) is 36.8 Å². The predicted octanol–water partition coefficient (Wildman–Crippen LogP) is 3.40. The number of carbonyl (C=O) groups is 3. The summed E-state index contributed by atoms with van der Waals surface area (Å²) in [6, 6.07) is 11.9. The van der Waals surface area contributed by atoms with E-state index in [1.807, 2.05) is 19.1 Å². The molecule has 0 saturated heterocycles. The van der Waals surface area contributed by atoms with Crippen LogP contribution in [0.4, 0.5) is 16.5 Å². The normalized spacial score (nSPS) is 14.1. The molecule has 9 heteroatoms. The molecule has 2 heterocycles. The lowest BCUT2D eigenvalue weighted by molar-refractivity contribution is -0.125. The van der Waals surface area contributed by atoms with Gasteiger partial charge in [-0.25, -0.2) is 4.98 Å². The first kappa shape index (κ1) is 19.8. The van der Waals surface area contributed by atoms with Crippen molar-refractivity contribution in [2.75, 3.05) is 22.1 Å². The molecule has 0 radical (unpaired) electrons. The molecule has 1 aliphatic rings. The third-order valence-electron chi connectivity index (χ3n) is 4.68. The minimum absolute atomic E-state index is 0.0977. The number of fused-ring (bicyclic) bond motifs is 2. The lowest BCUT2D eigenvalue weighted by Crippen LogP contribution is -2.50. The standard InChI is InChI=1S/C21H20N4O4S/c1-3-15(25-16-6-4-5-7-17(16)29-11-19(25)27)20(28)23-13-8-9-14-18(10-13)30-21(24-14)22-12(2)26/h4-10,15H,3,11H2,1-2H3,(H,23,28)(H,22,24,26). The van der Waals surface area contributed by atoms with Crippen molar-refractivity contribution in [2.45, 2.75) is 26.3 Å². The lowest BCUT2D eigenvalue weighted by Gasteiger charge is -2.34. The van der Waals surface area contributed by atoms with E-state index in [1.165, 1.54) is 23.2 Å². The summed E-state index contributed by atoms with van der Waals surface area (Å²) in [5, 5.41) is 6.07. The lowest BCUT2D eigenvalue weighted by atomic mass is 10.1. The van der Waals surface area contributed by atoms with Gasteiger partial charge in [0.05, 0.1) is 15.9 Å². The maximum Gasteiger partial charge on any atom is 0.265 e. The first-order valence-corrected chi connectivity index (χ1v) is 10.3. The first-order chi connectivity index (χ1) is 14.5. The van der Waals surface area contributed by atoms with Gasteiger partial charge in [0.15, 0.2) is 11.7 Å². The van der Waals surface area contributed by atoms with Gasteiger partial charge in [0.1, 0.15) is 11.8 Å². The summed E-state index contributed by atoms with van der Waals surface area (Å²) in [7, 11) is 0. The van der Waals surface area contributed by atoms with Gasteiger partial charge in [-0.15, -0.1) is 0 Å². The van der Waals surface area contributed by atoms with E-state index in [0.717, 1.165) is 10.2 Å². The van der Waals surface area contributed by atoms with E-state index in [1.54, 1.807) is 30.3 Å². The molecule has 8 nitrogen and oxygen atoms in total. The van der Waals surface area contributed by atoms with E-state index >= 15 is 0 Å². The van der Waals surface area contributed by atoms with Crippen LogP contribution in [0.3, 0.4) is 0 Å². The van der Waals surface area contributed by atoms with Gasteiger partial charge in [0.25, 0.3) is 5.91 Å². The largest absolute Gasteiger partial charge is 0.482 e. The Balaban J connectivity index is 1.58. The highest BCUT2D eigenvalue weighted by Crippen LogP contribution is 2.34. The second kappa shape index (κ2) is 8.11. The predicted molar refractivity (Wildman–Crippen MR) is 116 cm³/mol. The number of nitrogens with one attached hydrogen (secondary N) is 2. The van der Waals surface area contributed by atoms with Crippen molar-refractivity contribution < 1.29 is 19.1 Å². The maximum absolute atomic E-state index is 13.1. The van der Waals surface area contributed by atoms with E-state index in [9.17, 15) is 14.4 Å². The number of benzene rings is 2. The van der Waals surface area contributed by atoms with Crippen LogP contribution in [0, 0.1) is 0 Å². The molecule has 0 fully saturated rings. The van der Waals surface area contributed by atoms with Crippen molar-refractivity contribution in [2.24, 2.45) is 0 Å². The number of nitrogens with zero attached hydrogens (tertiary/aromatic N) is 2. The minimum atomic E-state index is -0.672. The molecule has 0 bridgehead atoms. The average molecular weight is 424 g/mol. The number of amides is 3. The molecule has 1 aromatic heterocycles. The number of aromatic nitrogens is 1. The molecule has 30 heavy (non-hydrogen) atoms. The summed E-state index contributed by atoms with van der Waals surface area (Å²) in [6.07, 6.45) is 0.446. The topological polar surface area (TPSA) is 101 Å². The average Bonchev–Trinajstić information content (AvgIpc) is 3.11. The molecule has 1 aliphatic heterocycles. The highest BCUT2D eigenvalue weighted by molar-refractivity contribution is 7.22. The Morgan fingerprint density at radius 2 is 2.03 bits per heavy atom. The van der Waals surface area contributed by atoms with Crippen molar-refractivity contribution in [3.05, 3.63) is 42.5 Å². The van der Waals surface area contributed by atoms with Crippen molar-refractivity contribution >= 4 is 55.8 Å². The van der Waals surface area contributed by atoms with Gasteiger partial charge in [-0.1, -0.05) is 30.4 Å². The molecule has 3 amide bonds. The maximum atomic E-state index is 13.1. The van der Waals surface area contributed by atoms with Crippen molar-refractivity contribution in [1.29, 1.82) is 0 Å². The molecule has 1 unspecified atom stereocenters. The van der Waals surface area contributed by atoms with Crippen molar-refractivity contribution in [1.82, 2.24) is 4.98 Å². The second-order valence-corrected chi connectivity index (χ2v) is 7.85. The van der Waals surface area contributed by atoms with Crippen LogP contribution in [0.1, 0.15) is 20.3 Å². The number of hydrogen-bond acceptors (Lipinski definition) is 6. The fraction of sp³-hybridized carbons (Fsp3) is 0.238. The monoisotopic (exact) mass is 424 g/mol. The summed E-state index contributed by atoms with van der Waals surface area (Å²) in [5.41, 5.74) is 1.91. The quantitative estimate of drug-likeness (QED) is 0.654. The molecular formula is C21H20N4O4S. The number of ether oxygens (including phenoxy) is 1. The van der Waals surface area contributed by atoms with E-state index in [-0.39, 0.29) is 24.3 Å². The molecule has 0 spiro atoms. The van der Waals surface area contributed by atoms with Crippen LogP contribution < -0.4 is 20.3 Å². The third-order valence-corrected chi connectivity index (χ3v) is 5.62. The third kappa shape index (κ3) is 3.84.